The van der Waals surface area contributed by atoms with Gasteiger partial charge in [-0.15, -0.1) is 0 Å². The fraction of sp³-hybridized carbons (Fsp3) is 0.238. The van der Waals surface area contributed by atoms with E-state index in [1.54, 1.807) is 0 Å². The third kappa shape index (κ3) is 4.57. The molecule has 1 heterocycles. The van der Waals surface area contributed by atoms with Crippen LogP contribution in [0.4, 0.5) is 0 Å². The van der Waals surface area contributed by atoms with Crippen LogP contribution in [0.5, 0.6) is 0 Å². The maximum Gasteiger partial charge on any atom is 0.226 e. The van der Waals surface area contributed by atoms with Gasteiger partial charge >= 0.3 is 0 Å². The molecule has 0 atom stereocenters. The minimum absolute atomic E-state index is 0.0187. The molecule has 3 aromatic rings. The number of benzene rings is 2. The van der Waals surface area contributed by atoms with Gasteiger partial charge in [0.25, 0.3) is 0 Å². The topological polar surface area (TPSA) is 55.1 Å². The lowest BCUT2D eigenvalue weighted by Crippen LogP contribution is -2.23. The summed E-state index contributed by atoms with van der Waals surface area (Å²) in [5.41, 5.74) is 4.08. The average Bonchev–Trinajstić information content (AvgIpc) is 3.00. The Kier molecular flexibility index (Phi) is 5.29. The zero-order chi connectivity index (χ0) is 17.6. The van der Waals surface area contributed by atoms with Crippen molar-refractivity contribution in [2.45, 2.75) is 33.2 Å². The van der Waals surface area contributed by atoms with Crippen LogP contribution in [0.3, 0.4) is 0 Å². The van der Waals surface area contributed by atoms with E-state index in [-0.39, 0.29) is 5.91 Å². The van der Waals surface area contributed by atoms with Crippen LogP contribution >= 0.6 is 0 Å². The quantitative estimate of drug-likeness (QED) is 0.735. The molecule has 1 aromatic heterocycles. The number of carbonyl (C=O) groups excluding carboxylic acids is 1. The Balaban J connectivity index is 1.55. The maximum absolute atomic E-state index is 12.1. The second-order valence-corrected chi connectivity index (χ2v) is 6.15. The number of hydrogen-bond donors (Lipinski definition) is 1. The summed E-state index contributed by atoms with van der Waals surface area (Å²) >= 11 is 0. The summed E-state index contributed by atoms with van der Waals surface area (Å²) in [6, 6.07) is 17.9. The fourth-order valence-electron chi connectivity index (χ4n) is 2.71. The Hall–Kier alpha value is -2.88. The zero-order valence-electron chi connectivity index (χ0n) is 14.6. The van der Waals surface area contributed by atoms with Crippen LogP contribution in [-0.2, 0) is 17.8 Å². The summed E-state index contributed by atoms with van der Waals surface area (Å²) in [5.74, 6) is 1.39. The summed E-state index contributed by atoms with van der Waals surface area (Å²) in [4.78, 5) is 16.6. The van der Waals surface area contributed by atoms with E-state index in [2.05, 4.69) is 16.4 Å². The second kappa shape index (κ2) is 7.79. The van der Waals surface area contributed by atoms with E-state index in [0.717, 1.165) is 22.6 Å². The van der Waals surface area contributed by atoms with Gasteiger partial charge in [0.1, 0.15) is 5.76 Å². The number of oxazole rings is 1. The molecule has 3 rings (SSSR count). The van der Waals surface area contributed by atoms with Gasteiger partial charge in [0.05, 0.1) is 5.69 Å². The van der Waals surface area contributed by atoms with E-state index in [9.17, 15) is 4.79 Å². The third-order valence-electron chi connectivity index (χ3n) is 4.07. The summed E-state index contributed by atoms with van der Waals surface area (Å²) in [5, 5.41) is 2.96. The molecule has 1 amide bonds. The number of nitrogens with zero attached hydrogens (tertiary/aromatic N) is 1. The predicted octanol–water partition coefficient (Wildman–Crippen LogP) is 4.21. The average molecular weight is 334 g/mol. The van der Waals surface area contributed by atoms with Crippen molar-refractivity contribution in [3.8, 4) is 11.5 Å². The Labute approximate surface area is 147 Å². The largest absolute Gasteiger partial charge is 0.441 e. The van der Waals surface area contributed by atoms with Crippen molar-refractivity contribution < 1.29 is 9.21 Å². The molecule has 0 aliphatic rings. The molecule has 0 bridgehead atoms. The number of hydrogen-bond acceptors (Lipinski definition) is 3. The van der Waals surface area contributed by atoms with Gasteiger partial charge in [0.15, 0.2) is 0 Å². The van der Waals surface area contributed by atoms with Gasteiger partial charge in [0.2, 0.25) is 11.8 Å². The minimum atomic E-state index is 0.0187. The zero-order valence-corrected chi connectivity index (χ0v) is 14.6. The number of aromatic nitrogens is 1. The number of rotatable bonds is 6. The maximum atomic E-state index is 12.1. The minimum Gasteiger partial charge on any atom is -0.441 e. The first-order valence-corrected chi connectivity index (χ1v) is 8.46. The SMILES string of the molecule is Cc1cccc(CNC(=O)CCc2nc(-c3ccccc3)oc2C)c1. The summed E-state index contributed by atoms with van der Waals surface area (Å²) in [6.07, 6.45) is 0.967. The lowest BCUT2D eigenvalue weighted by molar-refractivity contribution is -0.121. The molecule has 0 fully saturated rings. The fourth-order valence-corrected chi connectivity index (χ4v) is 2.71. The first kappa shape index (κ1) is 17.0. The van der Waals surface area contributed by atoms with Gasteiger partial charge in [-0.2, -0.15) is 0 Å². The first-order chi connectivity index (χ1) is 12.1. The van der Waals surface area contributed by atoms with E-state index in [4.69, 9.17) is 4.42 Å². The molecule has 4 nitrogen and oxygen atoms in total. The third-order valence-corrected chi connectivity index (χ3v) is 4.07. The van der Waals surface area contributed by atoms with Crippen molar-refractivity contribution in [3.05, 3.63) is 77.2 Å². The van der Waals surface area contributed by atoms with Crippen molar-refractivity contribution in [2.75, 3.05) is 0 Å². The van der Waals surface area contributed by atoms with Crippen molar-refractivity contribution in [2.24, 2.45) is 0 Å². The smallest absolute Gasteiger partial charge is 0.226 e. The van der Waals surface area contributed by atoms with Crippen LogP contribution in [0.2, 0.25) is 0 Å². The van der Waals surface area contributed by atoms with Crippen LogP contribution < -0.4 is 5.32 Å². The molecular formula is C21H22N2O2. The van der Waals surface area contributed by atoms with E-state index in [1.165, 1.54) is 5.56 Å². The summed E-state index contributed by atoms with van der Waals surface area (Å²) in [6.45, 7) is 4.48. The Morgan fingerprint density at radius 3 is 2.64 bits per heavy atom. The van der Waals surface area contributed by atoms with E-state index in [0.29, 0.717) is 25.3 Å². The molecule has 0 radical (unpaired) electrons. The molecular weight excluding hydrogens is 312 g/mol. The van der Waals surface area contributed by atoms with Crippen molar-refractivity contribution in [1.29, 1.82) is 0 Å². The standard InChI is InChI=1S/C21H22N2O2/c1-15-7-6-8-17(13-15)14-22-20(24)12-11-19-16(2)25-21(23-19)18-9-4-3-5-10-18/h3-10,13H,11-12,14H2,1-2H3,(H,22,24). The molecule has 1 N–H and O–H groups in total. The molecule has 4 heteroatoms. The Bertz CT molecular complexity index is 853. The van der Waals surface area contributed by atoms with Gasteiger partial charge < -0.3 is 9.73 Å². The van der Waals surface area contributed by atoms with Crippen LogP contribution in [-0.4, -0.2) is 10.9 Å². The summed E-state index contributed by atoms with van der Waals surface area (Å²) < 4.78 is 5.73. The Morgan fingerprint density at radius 1 is 1.08 bits per heavy atom. The van der Waals surface area contributed by atoms with Crippen LogP contribution in [0, 0.1) is 13.8 Å². The lowest BCUT2D eigenvalue weighted by atomic mass is 10.1. The highest BCUT2D eigenvalue weighted by Crippen LogP contribution is 2.22. The monoisotopic (exact) mass is 334 g/mol. The van der Waals surface area contributed by atoms with E-state index >= 15 is 0 Å². The molecule has 0 aliphatic heterocycles. The number of aryl methyl sites for hydroxylation is 3. The van der Waals surface area contributed by atoms with Crippen LogP contribution in [0.1, 0.15) is 29.0 Å². The Morgan fingerprint density at radius 2 is 1.88 bits per heavy atom. The lowest BCUT2D eigenvalue weighted by Gasteiger charge is -2.05. The van der Waals surface area contributed by atoms with Gasteiger partial charge in [-0.3, -0.25) is 4.79 Å². The van der Waals surface area contributed by atoms with Gasteiger partial charge in [0, 0.05) is 24.9 Å². The van der Waals surface area contributed by atoms with Crippen molar-refractivity contribution >= 4 is 5.91 Å². The van der Waals surface area contributed by atoms with Gasteiger partial charge in [-0.25, -0.2) is 4.98 Å². The van der Waals surface area contributed by atoms with E-state index < -0.39 is 0 Å². The molecule has 0 spiro atoms. The normalized spacial score (nSPS) is 10.6. The number of amides is 1. The highest BCUT2D eigenvalue weighted by Gasteiger charge is 2.12. The molecule has 2 aromatic carbocycles. The molecule has 0 unspecified atom stereocenters. The highest BCUT2D eigenvalue weighted by molar-refractivity contribution is 5.76. The van der Waals surface area contributed by atoms with Crippen LogP contribution in [0.25, 0.3) is 11.5 Å². The molecule has 25 heavy (non-hydrogen) atoms. The number of carbonyl (C=O) groups is 1. The first-order valence-electron chi connectivity index (χ1n) is 8.46. The predicted molar refractivity (Wildman–Crippen MR) is 98.0 cm³/mol. The molecule has 0 aliphatic carbocycles. The molecule has 128 valence electrons. The summed E-state index contributed by atoms with van der Waals surface area (Å²) in [7, 11) is 0. The van der Waals surface area contributed by atoms with Gasteiger partial charge in [-0.05, 0) is 31.5 Å². The second-order valence-electron chi connectivity index (χ2n) is 6.15. The molecule has 0 saturated carbocycles. The highest BCUT2D eigenvalue weighted by atomic mass is 16.4. The van der Waals surface area contributed by atoms with Gasteiger partial charge in [-0.1, -0.05) is 48.0 Å². The molecule has 0 saturated heterocycles. The van der Waals surface area contributed by atoms with E-state index in [1.807, 2.05) is 62.4 Å². The van der Waals surface area contributed by atoms with Crippen molar-refractivity contribution in [3.63, 3.8) is 0 Å². The van der Waals surface area contributed by atoms with Crippen LogP contribution in [0.15, 0.2) is 59.0 Å². The number of nitrogens with one attached hydrogen (secondary N) is 1. The van der Waals surface area contributed by atoms with Crippen molar-refractivity contribution in [1.82, 2.24) is 10.3 Å².